The van der Waals surface area contributed by atoms with Crippen LogP contribution in [0, 0.1) is 11.8 Å². The topological polar surface area (TPSA) is 91.1 Å². The molecule has 0 spiro atoms. The minimum atomic E-state index is -0.695. The lowest BCUT2D eigenvalue weighted by Crippen LogP contribution is -2.21. The lowest BCUT2D eigenvalue weighted by atomic mass is 9.80. The fraction of sp³-hybridized carbons (Fsp3) is 0.375. The van der Waals surface area contributed by atoms with Gasteiger partial charge in [-0.2, -0.15) is 0 Å². The number of aliphatic hydroxyl groups excluding tert-OH is 1. The number of urea groups is 1. The first-order chi connectivity index (χ1) is 11.1. The maximum absolute atomic E-state index is 12.3. The molecule has 3 rings (SSSR count). The van der Waals surface area contributed by atoms with Gasteiger partial charge in [0.2, 0.25) is 0 Å². The minimum Gasteiger partial charge on any atom is -0.510 e. The van der Waals surface area contributed by atoms with Crippen LogP contribution in [0.25, 0.3) is 0 Å². The Bertz CT molecular complexity index is 714. The van der Waals surface area contributed by atoms with Gasteiger partial charge in [-0.05, 0) is 40.9 Å². The number of hydrogen-bond acceptors (Lipinski definition) is 4. The molecule has 0 radical (unpaired) electrons. The SMILES string of the molecule is O=C(N=NC1=C(O)C2CCCCC2C1=O)Nc1ccccc1Br. The van der Waals surface area contributed by atoms with Crippen LogP contribution in [-0.4, -0.2) is 16.9 Å². The lowest BCUT2D eigenvalue weighted by Gasteiger charge is -2.23. The Balaban J connectivity index is 1.72. The highest BCUT2D eigenvalue weighted by Gasteiger charge is 2.43. The van der Waals surface area contributed by atoms with E-state index in [1.807, 2.05) is 6.07 Å². The minimum absolute atomic E-state index is 0.0165. The van der Waals surface area contributed by atoms with Crippen molar-refractivity contribution in [2.75, 3.05) is 5.32 Å². The fourth-order valence-corrected chi connectivity index (χ4v) is 3.53. The van der Waals surface area contributed by atoms with Gasteiger partial charge in [-0.15, -0.1) is 5.11 Å². The molecule has 2 atom stereocenters. The molecule has 1 saturated carbocycles. The van der Waals surface area contributed by atoms with Crippen LogP contribution in [0.2, 0.25) is 0 Å². The molecule has 0 aromatic heterocycles. The van der Waals surface area contributed by atoms with Crippen molar-refractivity contribution in [3.8, 4) is 0 Å². The number of aliphatic hydroxyl groups is 1. The molecule has 2 N–H and O–H groups in total. The summed E-state index contributed by atoms with van der Waals surface area (Å²) in [5.74, 6) is -0.581. The Hall–Kier alpha value is -2.02. The van der Waals surface area contributed by atoms with Crippen molar-refractivity contribution < 1.29 is 14.7 Å². The number of ketones is 1. The van der Waals surface area contributed by atoms with Crippen molar-refractivity contribution in [1.82, 2.24) is 0 Å². The van der Waals surface area contributed by atoms with Gasteiger partial charge in [0.15, 0.2) is 11.5 Å². The van der Waals surface area contributed by atoms with Crippen LogP contribution in [0.4, 0.5) is 10.5 Å². The second-order valence-electron chi connectivity index (χ2n) is 5.71. The van der Waals surface area contributed by atoms with Crippen LogP contribution in [0.5, 0.6) is 0 Å². The van der Waals surface area contributed by atoms with Crippen molar-refractivity contribution in [2.45, 2.75) is 25.7 Å². The van der Waals surface area contributed by atoms with E-state index in [2.05, 4.69) is 31.5 Å². The second-order valence-corrected chi connectivity index (χ2v) is 6.56. The van der Waals surface area contributed by atoms with E-state index in [0.717, 1.165) is 25.7 Å². The molecule has 0 aliphatic heterocycles. The predicted octanol–water partition coefficient (Wildman–Crippen LogP) is 4.59. The predicted molar refractivity (Wildman–Crippen MR) is 88.1 cm³/mol. The van der Waals surface area contributed by atoms with Gasteiger partial charge >= 0.3 is 6.03 Å². The Morgan fingerprint density at radius 1 is 1.22 bits per heavy atom. The van der Waals surface area contributed by atoms with Gasteiger partial charge in [-0.25, -0.2) is 4.79 Å². The van der Waals surface area contributed by atoms with Crippen LogP contribution in [0.15, 0.2) is 50.4 Å². The molecule has 0 bridgehead atoms. The number of para-hydroxylation sites is 1. The lowest BCUT2D eigenvalue weighted by molar-refractivity contribution is -0.120. The zero-order valence-electron chi connectivity index (χ0n) is 12.3. The number of allylic oxidation sites excluding steroid dienone is 2. The van der Waals surface area contributed by atoms with E-state index in [9.17, 15) is 14.7 Å². The number of hydrogen-bond donors (Lipinski definition) is 2. The molecular formula is C16H16BrN3O3. The molecule has 2 aliphatic carbocycles. The van der Waals surface area contributed by atoms with E-state index in [1.165, 1.54) is 0 Å². The van der Waals surface area contributed by atoms with Crippen molar-refractivity contribution in [2.24, 2.45) is 22.1 Å². The third-order valence-corrected chi connectivity index (χ3v) is 4.98. The number of anilines is 1. The first kappa shape index (κ1) is 15.9. The average Bonchev–Trinajstić information content (AvgIpc) is 2.80. The van der Waals surface area contributed by atoms with Crippen LogP contribution in [-0.2, 0) is 4.79 Å². The molecule has 1 aromatic carbocycles. The zero-order chi connectivity index (χ0) is 16.4. The Labute approximate surface area is 141 Å². The van der Waals surface area contributed by atoms with Gasteiger partial charge in [0.05, 0.1) is 5.69 Å². The number of rotatable bonds is 2. The summed E-state index contributed by atoms with van der Waals surface area (Å²) in [6, 6.07) is 6.40. The van der Waals surface area contributed by atoms with E-state index in [0.29, 0.717) is 10.2 Å². The molecule has 2 amide bonds. The summed E-state index contributed by atoms with van der Waals surface area (Å²) in [6.07, 6.45) is 3.51. The van der Waals surface area contributed by atoms with E-state index in [4.69, 9.17) is 0 Å². The van der Waals surface area contributed by atoms with Gasteiger partial charge in [-0.3, -0.25) is 4.79 Å². The van der Waals surface area contributed by atoms with Crippen LogP contribution < -0.4 is 5.32 Å². The standard InChI is InChI=1S/C16H16BrN3O3/c17-11-7-3-4-8-12(11)18-16(23)20-19-13-14(21)9-5-1-2-6-10(9)15(13)22/h3-4,7-10,21H,1-2,5-6H2,(H,18,23). The smallest absolute Gasteiger partial charge is 0.364 e. The monoisotopic (exact) mass is 377 g/mol. The van der Waals surface area contributed by atoms with Gasteiger partial charge in [0, 0.05) is 16.3 Å². The van der Waals surface area contributed by atoms with Gasteiger partial charge in [0.25, 0.3) is 0 Å². The molecule has 2 aliphatic rings. The Kier molecular flexibility index (Phi) is 4.56. The largest absolute Gasteiger partial charge is 0.510 e. The summed E-state index contributed by atoms with van der Waals surface area (Å²) < 4.78 is 0.716. The van der Waals surface area contributed by atoms with E-state index in [1.54, 1.807) is 18.2 Å². The summed E-state index contributed by atoms with van der Waals surface area (Å²) in [7, 11) is 0. The highest BCUT2D eigenvalue weighted by Crippen LogP contribution is 2.42. The summed E-state index contributed by atoms with van der Waals surface area (Å²) in [6.45, 7) is 0. The first-order valence-corrected chi connectivity index (χ1v) is 8.32. The number of carbonyl (C=O) groups is 2. The van der Waals surface area contributed by atoms with Crippen LogP contribution in [0.3, 0.4) is 0 Å². The number of benzene rings is 1. The highest BCUT2D eigenvalue weighted by atomic mass is 79.9. The second kappa shape index (κ2) is 6.62. The Morgan fingerprint density at radius 3 is 2.61 bits per heavy atom. The number of Topliss-reactive ketones (excluding diaryl/α,β-unsaturated/α-hetero) is 1. The van der Waals surface area contributed by atoms with Gasteiger partial charge in [-0.1, -0.05) is 30.1 Å². The van der Waals surface area contributed by atoms with Crippen LogP contribution >= 0.6 is 15.9 Å². The third-order valence-electron chi connectivity index (χ3n) is 4.29. The molecule has 23 heavy (non-hydrogen) atoms. The summed E-state index contributed by atoms with van der Waals surface area (Å²) in [5.41, 5.74) is 0.491. The number of halogens is 1. The quantitative estimate of drug-likeness (QED) is 0.738. The average molecular weight is 378 g/mol. The summed E-state index contributed by atoms with van der Waals surface area (Å²) >= 11 is 3.31. The summed E-state index contributed by atoms with van der Waals surface area (Å²) in [5, 5.41) is 20.0. The number of amides is 2. The normalized spacial score (nSPS) is 24.1. The molecule has 2 unspecified atom stereocenters. The molecule has 7 heteroatoms. The van der Waals surface area contributed by atoms with E-state index >= 15 is 0 Å². The number of carbonyl (C=O) groups excluding carboxylic acids is 2. The zero-order valence-corrected chi connectivity index (χ0v) is 13.9. The Morgan fingerprint density at radius 2 is 1.91 bits per heavy atom. The molecule has 1 aromatic rings. The molecule has 0 saturated heterocycles. The van der Waals surface area contributed by atoms with Gasteiger partial charge in [0.1, 0.15) is 5.76 Å². The maximum atomic E-state index is 12.3. The highest BCUT2D eigenvalue weighted by molar-refractivity contribution is 9.10. The number of nitrogens with zero attached hydrogens (tertiary/aromatic N) is 2. The van der Waals surface area contributed by atoms with Crippen LogP contribution in [0.1, 0.15) is 25.7 Å². The first-order valence-electron chi connectivity index (χ1n) is 7.52. The molecular weight excluding hydrogens is 362 g/mol. The summed E-state index contributed by atoms with van der Waals surface area (Å²) in [4.78, 5) is 24.1. The van der Waals surface area contributed by atoms with Crippen molar-refractivity contribution in [1.29, 1.82) is 0 Å². The van der Waals surface area contributed by atoms with E-state index in [-0.39, 0.29) is 29.1 Å². The number of nitrogens with one attached hydrogen (secondary N) is 1. The third kappa shape index (κ3) is 3.19. The molecule has 1 fully saturated rings. The van der Waals surface area contributed by atoms with Crippen molar-refractivity contribution >= 4 is 33.4 Å². The molecule has 120 valence electrons. The molecule has 6 nitrogen and oxygen atoms in total. The number of fused-ring (bicyclic) bond motifs is 1. The number of azo groups is 1. The maximum Gasteiger partial charge on any atom is 0.364 e. The van der Waals surface area contributed by atoms with Crippen molar-refractivity contribution in [3.63, 3.8) is 0 Å². The van der Waals surface area contributed by atoms with Gasteiger partial charge < -0.3 is 10.4 Å². The fourth-order valence-electron chi connectivity index (χ4n) is 3.15. The molecule has 0 heterocycles. The van der Waals surface area contributed by atoms with Crippen molar-refractivity contribution in [3.05, 3.63) is 40.2 Å². The van der Waals surface area contributed by atoms with E-state index < -0.39 is 6.03 Å².